The maximum absolute atomic E-state index is 12.4. The van der Waals surface area contributed by atoms with Gasteiger partial charge in [0.1, 0.15) is 4.75 Å². The lowest BCUT2D eigenvalue weighted by Crippen LogP contribution is -2.41. The van der Waals surface area contributed by atoms with Gasteiger partial charge in [0.05, 0.1) is 6.61 Å². The molecular weight excluding hydrogens is 284 g/mol. The molecule has 122 valence electrons. The van der Waals surface area contributed by atoms with Gasteiger partial charge in [-0.05, 0) is 19.3 Å². The van der Waals surface area contributed by atoms with Crippen molar-refractivity contribution in [3.05, 3.63) is 24.3 Å². The summed E-state index contributed by atoms with van der Waals surface area (Å²) in [7, 11) is -3.57. The van der Waals surface area contributed by atoms with E-state index in [1.807, 2.05) is 19.1 Å². The fourth-order valence-electron chi connectivity index (χ4n) is 2.49. The maximum atomic E-state index is 12.4. The van der Waals surface area contributed by atoms with Crippen molar-refractivity contribution in [1.82, 2.24) is 0 Å². The number of hydrogen-bond donors (Lipinski definition) is 0. The Bertz CT molecular complexity index is 451. The highest BCUT2D eigenvalue weighted by atomic mass is 32.2. The van der Waals surface area contributed by atoms with Gasteiger partial charge in [0.25, 0.3) is 10.1 Å². The Hall–Kier alpha value is -0.610. The fraction of sp³-hybridized carbons (Fsp3) is 0.765. The molecule has 3 nitrogen and oxygen atoms in total. The van der Waals surface area contributed by atoms with E-state index in [1.54, 1.807) is 19.1 Å². The quantitative estimate of drug-likeness (QED) is 0.437. The van der Waals surface area contributed by atoms with Gasteiger partial charge in [-0.25, -0.2) is 0 Å². The molecule has 0 saturated carbocycles. The molecule has 0 spiro atoms. The number of hydrogen-bond acceptors (Lipinski definition) is 3. The third-order valence-corrected chi connectivity index (χ3v) is 6.43. The third kappa shape index (κ3) is 5.26. The lowest BCUT2D eigenvalue weighted by atomic mass is 9.91. The molecule has 0 radical (unpaired) electrons. The molecule has 4 heteroatoms. The molecule has 0 saturated heterocycles. The van der Waals surface area contributed by atoms with Crippen molar-refractivity contribution in [3.63, 3.8) is 0 Å². The summed E-state index contributed by atoms with van der Waals surface area (Å²) in [6, 6.07) is 0. The van der Waals surface area contributed by atoms with Crippen LogP contribution < -0.4 is 0 Å². The first-order valence-electron chi connectivity index (χ1n) is 8.19. The van der Waals surface area contributed by atoms with E-state index in [-0.39, 0.29) is 5.92 Å². The Labute approximate surface area is 130 Å². The molecule has 0 bridgehead atoms. The van der Waals surface area contributed by atoms with Crippen LogP contribution in [0.15, 0.2) is 24.3 Å². The van der Waals surface area contributed by atoms with Gasteiger partial charge in [0.15, 0.2) is 0 Å². The fourth-order valence-corrected chi connectivity index (χ4v) is 3.86. The molecule has 0 aromatic heterocycles. The molecule has 2 atom stereocenters. The molecule has 0 aliphatic heterocycles. The second-order valence-electron chi connectivity index (χ2n) is 6.11. The lowest BCUT2D eigenvalue weighted by molar-refractivity contribution is 0.288. The van der Waals surface area contributed by atoms with Crippen LogP contribution in [0.4, 0.5) is 0 Å². The molecule has 0 amide bonds. The van der Waals surface area contributed by atoms with Crippen molar-refractivity contribution >= 4 is 10.1 Å². The van der Waals surface area contributed by atoms with Crippen LogP contribution in [0.2, 0.25) is 0 Å². The summed E-state index contributed by atoms with van der Waals surface area (Å²) in [6.07, 6.45) is 15.4. The summed E-state index contributed by atoms with van der Waals surface area (Å²) in [5.74, 6) is -0.0680. The standard InChI is InChI=1S/C17H30O3S/c1-4-5-6-7-8-9-12-15-20-21(18,19)17(3)14-11-10-13-16(17)2/h10-11,13-14,16H,4-9,12,15H2,1-3H3. The summed E-state index contributed by atoms with van der Waals surface area (Å²) in [5, 5.41) is 0. The minimum Gasteiger partial charge on any atom is -0.269 e. The Morgan fingerprint density at radius 1 is 1.05 bits per heavy atom. The number of allylic oxidation sites excluding steroid dienone is 3. The van der Waals surface area contributed by atoms with Crippen LogP contribution >= 0.6 is 0 Å². The first-order valence-corrected chi connectivity index (χ1v) is 9.60. The first kappa shape index (κ1) is 18.4. The van der Waals surface area contributed by atoms with Crippen molar-refractivity contribution in [1.29, 1.82) is 0 Å². The molecule has 0 heterocycles. The van der Waals surface area contributed by atoms with E-state index >= 15 is 0 Å². The molecular formula is C17H30O3S. The van der Waals surface area contributed by atoms with E-state index in [0.717, 1.165) is 12.8 Å². The summed E-state index contributed by atoms with van der Waals surface area (Å²) < 4.78 is 29.1. The predicted octanol–water partition coefficient (Wildman–Crippen LogP) is 4.60. The third-order valence-electron chi connectivity index (χ3n) is 4.37. The summed E-state index contributed by atoms with van der Waals surface area (Å²) in [5.41, 5.74) is 0. The average Bonchev–Trinajstić information content (AvgIpc) is 2.45. The Kier molecular flexibility index (Phi) is 7.67. The molecule has 0 N–H and O–H groups in total. The van der Waals surface area contributed by atoms with Crippen molar-refractivity contribution in [3.8, 4) is 0 Å². The van der Waals surface area contributed by atoms with Crippen molar-refractivity contribution in [2.75, 3.05) is 6.61 Å². The van der Waals surface area contributed by atoms with Crippen LogP contribution in [-0.2, 0) is 14.3 Å². The van der Waals surface area contributed by atoms with E-state index < -0.39 is 14.9 Å². The topological polar surface area (TPSA) is 43.4 Å². The molecule has 0 aromatic rings. The monoisotopic (exact) mass is 314 g/mol. The van der Waals surface area contributed by atoms with Gasteiger partial charge in [0, 0.05) is 0 Å². The molecule has 0 aromatic carbocycles. The van der Waals surface area contributed by atoms with E-state index in [0.29, 0.717) is 6.61 Å². The second-order valence-corrected chi connectivity index (χ2v) is 8.14. The Morgan fingerprint density at radius 3 is 2.29 bits per heavy atom. The van der Waals surface area contributed by atoms with Gasteiger partial charge in [-0.3, -0.25) is 4.18 Å². The van der Waals surface area contributed by atoms with Gasteiger partial charge in [-0.2, -0.15) is 8.42 Å². The highest BCUT2D eigenvalue weighted by Gasteiger charge is 2.42. The van der Waals surface area contributed by atoms with Gasteiger partial charge in [-0.15, -0.1) is 0 Å². The van der Waals surface area contributed by atoms with E-state index in [4.69, 9.17) is 4.18 Å². The van der Waals surface area contributed by atoms with E-state index in [1.165, 1.54) is 32.1 Å². The van der Waals surface area contributed by atoms with Crippen LogP contribution in [0, 0.1) is 5.92 Å². The van der Waals surface area contributed by atoms with Crippen molar-refractivity contribution in [2.24, 2.45) is 5.92 Å². The van der Waals surface area contributed by atoms with Crippen LogP contribution in [0.1, 0.15) is 65.7 Å². The molecule has 1 aliphatic carbocycles. The van der Waals surface area contributed by atoms with Crippen LogP contribution in [-0.4, -0.2) is 19.8 Å². The maximum Gasteiger partial charge on any atom is 0.277 e. The molecule has 1 aliphatic rings. The summed E-state index contributed by atoms with van der Waals surface area (Å²) in [4.78, 5) is 0. The summed E-state index contributed by atoms with van der Waals surface area (Å²) in [6.45, 7) is 6.15. The van der Waals surface area contributed by atoms with Crippen molar-refractivity contribution < 1.29 is 12.6 Å². The highest BCUT2D eigenvalue weighted by molar-refractivity contribution is 7.88. The zero-order valence-electron chi connectivity index (χ0n) is 13.7. The van der Waals surface area contributed by atoms with Gasteiger partial charge in [0.2, 0.25) is 0 Å². The van der Waals surface area contributed by atoms with E-state index in [9.17, 15) is 8.42 Å². The van der Waals surface area contributed by atoms with Crippen LogP contribution in [0.5, 0.6) is 0 Å². The van der Waals surface area contributed by atoms with E-state index in [2.05, 4.69) is 6.92 Å². The molecule has 21 heavy (non-hydrogen) atoms. The number of rotatable bonds is 10. The molecule has 1 rings (SSSR count). The number of unbranched alkanes of at least 4 members (excludes halogenated alkanes) is 6. The molecule has 0 fully saturated rings. The zero-order valence-corrected chi connectivity index (χ0v) is 14.5. The van der Waals surface area contributed by atoms with Gasteiger partial charge in [-0.1, -0.05) is 76.7 Å². The Balaban J connectivity index is 2.31. The highest BCUT2D eigenvalue weighted by Crippen LogP contribution is 2.33. The molecule has 2 unspecified atom stereocenters. The Morgan fingerprint density at radius 2 is 1.67 bits per heavy atom. The van der Waals surface area contributed by atoms with Gasteiger partial charge >= 0.3 is 0 Å². The second kappa shape index (κ2) is 8.74. The van der Waals surface area contributed by atoms with Crippen LogP contribution in [0.3, 0.4) is 0 Å². The van der Waals surface area contributed by atoms with Crippen molar-refractivity contribution in [2.45, 2.75) is 70.5 Å². The van der Waals surface area contributed by atoms with Crippen LogP contribution in [0.25, 0.3) is 0 Å². The minimum atomic E-state index is -3.57. The SMILES string of the molecule is CCCCCCCCCOS(=O)(=O)C1(C)C=CC=CC1C. The average molecular weight is 314 g/mol. The predicted molar refractivity (Wildman–Crippen MR) is 88.7 cm³/mol. The normalized spacial score (nSPS) is 25.4. The summed E-state index contributed by atoms with van der Waals surface area (Å²) >= 11 is 0. The first-order chi connectivity index (χ1) is 9.94. The largest absolute Gasteiger partial charge is 0.277 e. The van der Waals surface area contributed by atoms with Gasteiger partial charge < -0.3 is 0 Å². The minimum absolute atomic E-state index is 0.0680. The lowest BCUT2D eigenvalue weighted by Gasteiger charge is -2.31. The smallest absolute Gasteiger partial charge is 0.269 e. The zero-order chi connectivity index (χ0) is 15.8.